The first-order valence-corrected chi connectivity index (χ1v) is 7.00. The zero-order valence-electron chi connectivity index (χ0n) is 9.95. The minimum Gasteiger partial charge on any atom is -0.339 e. The zero-order chi connectivity index (χ0) is 12.3. The van der Waals surface area contributed by atoms with E-state index in [1.165, 1.54) is 0 Å². The van der Waals surface area contributed by atoms with Crippen LogP contribution < -0.4 is 5.32 Å². The highest BCUT2D eigenvalue weighted by atomic mass is 127. The Bertz CT molecular complexity index is 385. The van der Waals surface area contributed by atoms with Crippen molar-refractivity contribution in [3.05, 3.63) is 33.4 Å². The van der Waals surface area contributed by atoms with Gasteiger partial charge in [0.05, 0.1) is 0 Å². The van der Waals surface area contributed by atoms with Crippen LogP contribution >= 0.6 is 22.6 Å². The van der Waals surface area contributed by atoms with E-state index in [0.717, 1.165) is 35.1 Å². The molecule has 1 aromatic rings. The molecule has 0 aliphatic carbocycles. The molecule has 1 aromatic carbocycles. The van der Waals surface area contributed by atoms with Crippen molar-refractivity contribution in [1.82, 2.24) is 10.2 Å². The Balaban J connectivity index is 2.05. The molecule has 0 unspecified atom stereocenters. The van der Waals surface area contributed by atoms with Gasteiger partial charge >= 0.3 is 0 Å². The highest BCUT2D eigenvalue weighted by molar-refractivity contribution is 14.1. The van der Waals surface area contributed by atoms with Gasteiger partial charge in [-0.05, 0) is 72.8 Å². The molecule has 1 amide bonds. The van der Waals surface area contributed by atoms with Gasteiger partial charge in [0.1, 0.15) is 0 Å². The standard InChI is InChI=1S/C13H17IN2O/c1-16(12-6-8-15-9-7-12)13(17)10-2-4-11(14)5-3-10/h2-5,12,15H,6-9H2,1H3. The van der Waals surface area contributed by atoms with E-state index >= 15 is 0 Å². The van der Waals surface area contributed by atoms with Crippen LogP contribution in [0.3, 0.4) is 0 Å². The lowest BCUT2D eigenvalue weighted by atomic mass is 10.0. The molecular weight excluding hydrogens is 327 g/mol. The van der Waals surface area contributed by atoms with Crippen molar-refractivity contribution in [2.45, 2.75) is 18.9 Å². The average molecular weight is 344 g/mol. The summed E-state index contributed by atoms with van der Waals surface area (Å²) in [5, 5.41) is 3.32. The van der Waals surface area contributed by atoms with Crippen LogP contribution in [0.2, 0.25) is 0 Å². The molecule has 1 fully saturated rings. The summed E-state index contributed by atoms with van der Waals surface area (Å²) in [6, 6.07) is 8.14. The van der Waals surface area contributed by atoms with Gasteiger partial charge in [0, 0.05) is 22.2 Å². The molecule has 0 atom stereocenters. The second-order valence-electron chi connectivity index (χ2n) is 4.40. The van der Waals surface area contributed by atoms with Crippen LogP contribution in [0.1, 0.15) is 23.2 Å². The molecule has 1 aliphatic rings. The van der Waals surface area contributed by atoms with Crippen molar-refractivity contribution in [1.29, 1.82) is 0 Å². The third-order valence-corrected chi connectivity index (χ3v) is 3.99. The van der Waals surface area contributed by atoms with E-state index in [2.05, 4.69) is 27.9 Å². The first-order valence-electron chi connectivity index (χ1n) is 5.92. The van der Waals surface area contributed by atoms with E-state index in [0.29, 0.717) is 6.04 Å². The molecule has 1 N–H and O–H groups in total. The smallest absolute Gasteiger partial charge is 0.253 e. The first kappa shape index (κ1) is 12.8. The number of benzene rings is 1. The van der Waals surface area contributed by atoms with Crippen molar-refractivity contribution in [2.24, 2.45) is 0 Å². The monoisotopic (exact) mass is 344 g/mol. The molecule has 0 saturated carbocycles. The summed E-state index contributed by atoms with van der Waals surface area (Å²) in [4.78, 5) is 14.2. The van der Waals surface area contributed by atoms with Gasteiger partial charge in [-0.15, -0.1) is 0 Å². The van der Waals surface area contributed by atoms with Crippen LogP contribution in [-0.2, 0) is 0 Å². The second kappa shape index (κ2) is 5.82. The van der Waals surface area contributed by atoms with Crippen molar-refractivity contribution in [3.63, 3.8) is 0 Å². The molecule has 1 aliphatic heterocycles. The van der Waals surface area contributed by atoms with Gasteiger partial charge in [0.25, 0.3) is 5.91 Å². The summed E-state index contributed by atoms with van der Waals surface area (Å²) in [6.07, 6.45) is 2.10. The third kappa shape index (κ3) is 3.19. The maximum atomic E-state index is 12.3. The van der Waals surface area contributed by atoms with Gasteiger partial charge in [-0.2, -0.15) is 0 Å². The molecule has 1 saturated heterocycles. The molecule has 0 bridgehead atoms. The zero-order valence-corrected chi connectivity index (χ0v) is 12.1. The molecule has 0 radical (unpaired) electrons. The average Bonchev–Trinajstić information content (AvgIpc) is 2.39. The Hall–Kier alpha value is -0.620. The number of hydrogen-bond acceptors (Lipinski definition) is 2. The van der Waals surface area contributed by atoms with E-state index in [9.17, 15) is 4.79 Å². The van der Waals surface area contributed by atoms with Crippen LogP contribution in [0.5, 0.6) is 0 Å². The molecule has 17 heavy (non-hydrogen) atoms. The maximum Gasteiger partial charge on any atom is 0.253 e. The lowest BCUT2D eigenvalue weighted by molar-refractivity contribution is 0.0703. The molecule has 2 rings (SSSR count). The number of nitrogens with one attached hydrogen (secondary N) is 1. The van der Waals surface area contributed by atoms with E-state index < -0.39 is 0 Å². The molecule has 3 nitrogen and oxygen atoms in total. The summed E-state index contributed by atoms with van der Waals surface area (Å²) < 4.78 is 1.16. The molecular formula is C13H17IN2O. The van der Waals surface area contributed by atoms with Crippen molar-refractivity contribution in [2.75, 3.05) is 20.1 Å². The summed E-state index contributed by atoms with van der Waals surface area (Å²) in [6.45, 7) is 2.02. The Morgan fingerprint density at radius 3 is 2.47 bits per heavy atom. The fourth-order valence-corrected chi connectivity index (χ4v) is 2.52. The number of carbonyl (C=O) groups excluding carboxylic acids is 1. The number of carbonyl (C=O) groups is 1. The summed E-state index contributed by atoms with van der Waals surface area (Å²) >= 11 is 2.25. The molecule has 92 valence electrons. The fourth-order valence-electron chi connectivity index (χ4n) is 2.16. The fraction of sp³-hybridized carbons (Fsp3) is 0.462. The predicted octanol–water partition coefficient (Wildman–Crippen LogP) is 2.12. The number of halogens is 1. The second-order valence-corrected chi connectivity index (χ2v) is 5.65. The summed E-state index contributed by atoms with van der Waals surface area (Å²) in [5.74, 6) is 0.133. The van der Waals surface area contributed by atoms with E-state index in [4.69, 9.17) is 0 Å². The van der Waals surface area contributed by atoms with Crippen LogP contribution in [0.4, 0.5) is 0 Å². The Labute approximate surface area is 116 Å². The SMILES string of the molecule is CN(C(=O)c1ccc(I)cc1)C1CCNCC1. The number of nitrogens with zero attached hydrogens (tertiary/aromatic N) is 1. The van der Waals surface area contributed by atoms with Gasteiger partial charge in [0.2, 0.25) is 0 Å². The number of hydrogen-bond donors (Lipinski definition) is 1. The van der Waals surface area contributed by atoms with Gasteiger partial charge < -0.3 is 10.2 Å². The van der Waals surface area contributed by atoms with Gasteiger partial charge in [0.15, 0.2) is 0 Å². The van der Waals surface area contributed by atoms with Crippen LogP contribution in [0, 0.1) is 3.57 Å². The minimum absolute atomic E-state index is 0.133. The van der Waals surface area contributed by atoms with Crippen LogP contribution in [-0.4, -0.2) is 37.0 Å². The number of amides is 1. The van der Waals surface area contributed by atoms with E-state index in [1.54, 1.807) is 0 Å². The largest absolute Gasteiger partial charge is 0.339 e. The molecule has 0 aromatic heterocycles. The van der Waals surface area contributed by atoms with Gasteiger partial charge in [-0.3, -0.25) is 4.79 Å². The molecule has 4 heteroatoms. The lowest BCUT2D eigenvalue weighted by Gasteiger charge is -2.31. The summed E-state index contributed by atoms with van der Waals surface area (Å²) in [7, 11) is 1.91. The highest BCUT2D eigenvalue weighted by Gasteiger charge is 2.22. The quantitative estimate of drug-likeness (QED) is 0.834. The van der Waals surface area contributed by atoms with Crippen molar-refractivity contribution in [3.8, 4) is 0 Å². The Morgan fingerprint density at radius 2 is 1.88 bits per heavy atom. The van der Waals surface area contributed by atoms with Crippen molar-refractivity contribution >= 4 is 28.5 Å². The van der Waals surface area contributed by atoms with E-state index in [1.807, 2.05) is 36.2 Å². The Morgan fingerprint density at radius 1 is 1.29 bits per heavy atom. The minimum atomic E-state index is 0.133. The van der Waals surface area contributed by atoms with Crippen LogP contribution in [0.25, 0.3) is 0 Å². The molecule has 1 heterocycles. The normalized spacial score (nSPS) is 16.8. The van der Waals surface area contributed by atoms with Gasteiger partial charge in [-0.25, -0.2) is 0 Å². The van der Waals surface area contributed by atoms with E-state index in [-0.39, 0.29) is 5.91 Å². The highest BCUT2D eigenvalue weighted by Crippen LogP contribution is 2.14. The van der Waals surface area contributed by atoms with Crippen LogP contribution in [0.15, 0.2) is 24.3 Å². The topological polar surface area (TPSA) is 32.3 Å². The lowest BCUT2D eigenvalue weighted by Crippen LogP contribution is -2.43. The first-order chi connectivity index (χ1) is 8.18. The number of rotatable bonds is 2. The van der Waals surface area contributed by atoms with Gasteiger partial charge in [-0.1, -0.05) is 0 Å². The molecule has 0 spiro atoms. The Kier molecular flexibility index (Phi) is 4.39. The third-order valence-electron chi connectivity index (χ3n) is 3.27. The number of piperidine rings is 1. The predicted molar refractivity (Wildman–Crippen MR) is 77.1 cm³/mol. The maximum absolute atomic E-state index is 12.3. The summed E-state index contributed by atoms with van der Waals surface area (Å²) in [5.41, 5.74) is 0.784. The van der Waals surface area contributed by atoms with Crippen molar-refractivity contribution < 1.29 is 4.79 Å².